The van der Waals surface area contributed by atoms with Crippen LogP contribution in [0.3, 0.4) is 0 Å². The number of aromatic amines is 1. The lowest BCUT2D eigenvalue weighted by atomic mass is 10.1. The van der Waals surface area contributed by atoms with Crippen LogP contribution in [0.5, 0.6) is 0 Å². The fourth-order valence-corrected chi connectivity index (χ4v) is 5.53. The van der Waals surface area contributed by atoms with E-state index in [4.69, 9.17) is 4.74 Å². The third kappa shape index (κ3) is 4.62. The zero-order valence-electron chi connectivity index (χ0n) is 18.7. The van der Waals surface area contributed by atoms with Crippen molar-refractivity contribution in [1.29, 1.82) is 0 Å². The van der Waals surface area contributed by atoms with Crippen molar-refractivity contribution in [3.05, 3.63) is 69.8 Å². The molecule has 174 valence electrons. The van der Waals surface area contributed by atoms with Crippen molar-refractivity contribution in [2.75, 3.05) is 30.8 Å². The summed E-state index contributed by atoms with van der Waals surface area (Å²) in [6.07, 6.45) is 1.71. The predicted molar refractivity (Wildman–Crippen MR) is 126 cm³/mol. The number of sulfonamides is 1. The molecule has 33 heavy (non-hydrogen) atoms. The number of amides is 1. The Morgan fingerprint density at radius 2 is 2.03 bits per heavy atom. The fraction of sp³-hybridized carbons (Fsp3) is 0.348. The second-order valence-electron chi connectivity index (χ2n) is 8.20. The Kier molecular flexibility index (Phi) is 6.22. The van der Waals surface area contributed by atoms with Gasteiger partial charge in [0.05, 0.1) is 36.0 Å². The molecule has 1 aromatic heterocycles. The Morgan fingerprint density at radius 3 is 2.76 bits per heavy atom. The number of aromatic nitrogens is 2. The summed E-state index contributed by atoms with van der Waals surface area (Å²) in [6.45, 7) is 2.56. The third-order valence-corrected chi connectivity index (χ3v) is 6.96. The number of rotatable bonds is 7. The van der Waals surface area contributed by atoms with Crippen LogP contribution in [0.2, 0.25) is 0 Å². The molecular weight excluding hydrogens is 444 g/mol. The number of hydrogen-bond donors (Lipinski definition) is 1. The highest BCUT2D eigenvalue weighted by Gasteiger charge is 2.33. The molecule has 1 amide bonds. The molecule has 3 aromatic rings. The van der Waals surface area contributed by atoms with Crippen LogP contribution < -0.4 is 9.86 Å². The van der Waals surface area contributed by atoms with Crippen LogP contribution >= 0.6 is 0 Å². The van der Waals surface area contributed by atoms with Crippen molar-refractivity contribution in [2.45, 2.75) is 25.9 Å². The topological polar surface area (TPSA) is 113 Å². The van der Waals surface area contributed by atoms with Gasteiger partial charge in [-0.05, 0) is 49.2 Å². The average molecular weight is 471 g/mol. The van der Waals surface area contributed by atoms with Crippen LogP contribution in [0.25, 0.3) is 10.9 Å². The molecule has 1 aliphatic rings. The zero-order valence-corrected chi connectivity index (χ0v) is 19.6. The third-order valence-electron chi connectivity index (χ3n) is 5.69. The molecule has 1 unspecified atom stereocenters. The van der Waals surface area contributed by atoms with Crippen molar-refractivity contribution in [3.63, 3.8) is 0 Å². The Balaban J connectivity index is 1.64. The summed E-state index contributed by atoms with van der Waals surface area (Å²) in [4.78, 5) is 34.6. The minimum absolute atomic E-state index is 0.102. The summed E-state index contributed by atoms with van der Waals surface area (Å²) in [7, 11) is -1.86. The monoisotopic (exact) mass is 470 g/mol. The average Bonchev–Trinajstić information content (AvgIpc) is 3.11. The summed E-state index contributed by atoms with van der Waals surface area (Å²) >= 11 is 0. The lowest BCUT2D eigenvalue weighted by Crippen LogP contribution is -2.35. The van der Waals surface area contributed by atoms with E-state index in [0.29, 0.717) is 47.6 Å². The Hall–Kier alpha value is -3.24. The van der Waals surface area contributed by atoms with E-state index in [-0.39, 0.29) is 24.1 Å². The van der Waals surface area contributed by atoms with Gasteiger partial charge in [-0.1, -0.05) is 12.1 Å². The number of para-hydroxylation sites is 1. The highest BCUT2D eigenvalue weighted by molar-refractivity contribution is 7.92. The van der Waals surface area contributed by atoms with E-state index in [1.807, 2.05) is 6.92 Å². The first-order valence-electron chi connectivity index (χ1n) is 10.6. The first-order valence-corrected chi connectivity index (χ1v) is 12.4. The summed E-state index contributed by atoms with van der Waals surface area (Å²) < 4.78 is 30.9. The van der Waals surface area contributed by atoms with E-state index >= 15 is 0 Å². The summed E-state index contributed by atoms with van der Waals surface area (Å²) in [5.41, 5.74) is 2.15. The minimum atomic E-state index is -3.41. The van der Waals surface area contributed by atoms with Gasteiger partial charge in [0.1, 0.15) is 5.82 Å². The number of hydrogen-bond acceptors (Lipinski definition) is 6. The van der Waals surface area contributed by atoms with Crippen LogP contribution in [-0.2, 0) is 27.7 Å². The van der Waals surface area contributed by atoms with Gasteiger partial charge in [0.25, 0.3) is 11.5 Å². The summed E-state index contributed by atoms with van der Waals surface area (Å²) in [6, 6.07) is 11.9. The molecule has 2 aromatic carbocycles. The van der Waals surface area contributed by atoms with Gasteiger partial charge in [-0.25, -0.2) is 13.4 Å². The molecule has 0 saturated carbocycles. The van der Waals surface area contributed by atoms with E-state index < -0.39 is 10.0 Å². The highest BCUT2D eigenvalue weighted by atomic mass is 32.2. The number of H-pyrrole nitrogens is 1. The van der Waals surface area contributed by atoms with Crippen LogP contribution in [-0.4, -0.2) is 61.8 Å². The van der Waals surface area contributed by atoms with Crippen LogP contribution in [0.1, 0.15) is 28.7 Å². The second kappa shape index (κ2) is 8.95. The SMILES string of the molecule is COCCN(Cc1nc2ccccc2c(=O)[nH]1)C(=O)c1ccc2c(c1)CC(C)N2S(C)(=O)=O. The van der Waals surface area contributed by atoms with E-state index in [1.54, 1.807) is 54.5 Å². The van der Waals surface area contributed by atoms with Crippen molar-refractivity contribution in [2.24, 2.45) is 0 Å². The smallest absolute Gasteiger partial charge is 0.258 e. The Bertz CT molecular complexity index is 1370. The molecule has 9 nitrogen and oxygen atoms in total. The Morgan fingerprint density at radius 1 is 1.27 bits per heavy atom. The number of methoxy groups -OCH3 is 1. The molecule has 1 N–H and O–H groups in total. The number of benzene rings is 2. The van der Waals surface area contributed by atoms with E-state index in [9.17, 15) is 18.0 Å². The van der Waals surface area contributed by atoms with Crippen LogP contribution in [0.4, 0.5) is 5.69 Å². The van der Waals surface area contributed by atoms with Gasteiger partial charge in [0.2, 0.25) is 10.0 Å². The molecule has 0 radical (unpaired) electrons. The molecule has 0 aliphatic carbocycles. The fourth-order valence-electron chi connectivity index (χ4n) is 4.27. The standard InChI is InChI=1S/C23H26N4O5S/c1-15-12-17-13-16(8-9-20(17)27(15)33(3,30)31)23(29)26(10-11-32-2)14-21-24-19-7-5-4-6-18(19)22(28)25-21/h4-9,13,15H,10-12,14H2,1-3H3,(H,24,25,28). The van der Waals surface area contributed by atoms with Crippen molar-refractivity contribution < 1.29 is 17.9 Å². The molecule has 10 heteroatoms. The number of fused-ring (bicyclic) bond motifs is 2. The Labute approximate surface area is 192 Å². The summed E-state index contributed by atoms with van der Waals surface area (Å²) in [5.74, 6) is 0.123. The quantitative estimate of drug-likeness (QED) is 0.565. The van der Waals surface area contributed by atoms with E-state index in [1.165, 1.54) is 10.6 Å². The molecule has 0 fully saturated rings. The normalized spacial score (nSPS) is 15.6. The maximum Gasteiger partial charge on any atom is 0.258 e. The molecular formula is C23H26N4O5S. The number of nitrogens with zero attached hydrogens (tertiary/aromatic N) is 3. The number of anilines is 1. The zero-order chi connectivity index (χ0) is 23.8. The maximum atomic E-state index is 13.4. The molecule has 1 aliphatic heterocycles. The molecule has 4 rings (SSSR count). The lowest BCUT2D eigenvalue weighted by molar-refractivity contribution is 0.0675. The van der Waals surface area contributed by atoms with Gasteiger partial charge in [0.15, 0.2) is 0 Å². The molecule has 0 saturated heterocycles. The van der Waals surface area contributed by atoms with Crippen molar-refractivity contribution in [1.82, 2.24) is 14.9 Å². The van der Waals surface area contributed by atoms with Crippen molar-refractivity contribution in [3.8, 4) is 0 Å². The largest absolute Gasteiger partial charge is 0.383 e. The highest BCUT2D eigenvalue weighted by Crippen LogP contribution is 2.35. The molecule has 0 bridgehead atoms. The lowest BCUT2D eigenvalue weighted by Gasteiger charge is -2.23. The predicted octanol–water partition coefficient (Wildman–Crippen LogP) is 1.92. The van der Waals surface area contributed by atoms with Crippen molar-refractivity contribution >= 4 is 32.5 Å². The molecule has 2 heterocycles. The van der Waals surface area contributed by atoms with Gasteiger partial charge in [0, 0.05) is 25.3 Å². The first kappa shape index (κ1) is 22.9. The van der Waals surface area contributed by atoms with Crippen LogP contribution in [0, 0.1) is 0 Å². The van der Waals surface area contributed by atoms with E-state index in [0.717, 1.165) is 5.56 Å². The van der Waals surface area contributed by atoms with Gasteiger partial charge < -0.3 is 14.6 Å². The van der Waals surface area contributed by atoms with Gasteiger partial charge in [-0.2, -0.15) is 0 Å². The van der Waals surface area contributed by atoms with Gasteiger partial charge >= 0.3 is 0 Å². The summed E-state index contributed by atoms with van der Waals surface area (Å²) in [5, 5.41) is 0.485. The van der Waals surface area contributed by atoms with E-state index in [2.05, 4.69) is 9.97 Å². The second-order valence-corrected chi connectivity index (χ2v) is 10.1. The number of nitrogens with one attached hydrogen (secondary N) is 1. The minimum Gasteiger partial charge on any atom is -0.383 e. The maximum absolute atomic E-state index is 13.4. The number of carbonyl (C=O) groups is 1. The molecule has 0 spiro atoms. The number of carbonyl (C=O) groups excluding carboxylic acids is 1. The number of ether oxygens (including phenoxy) is 1. The van der Waals surface area contributed by atoms with Gasteiger partial charge in [-0.15, -0.1) is 0 Å². The molecule has 1 atom stereocenters. The van der Waals surface area contributed by atoms with Gasteiger partial charge in [-0.3, -0.25) is 13.9 Å². The van der Waals surface area contributed by atoms with Crippen LogP contribution in [0.15, 0.2) is 47.3 Å². The first-order chi connectivity index (χ1) is 15.7.